The molecule has 0 aliphatic heterocycles. The van der Waals surface area contributed by atoms with Gasteiger partial charge in [-0.05, 0) is 36.1 Å². The third-order valence-corrected chi connectivity index (χ3v) is 4.93. The fourth-order valence-corrected chi connectivity index (χ4v) is 3.30. The smallest absolute Gasteiger partial charge is 0.256 e. The van der Waals surface area contributed by atoms with Gasteiger partial charge in [0.25, 0.3) is 5.91 Å². The zero-order valence-electron chi connectivity index (χ0n) is 17.1. The number of amides is 1. The summed E-state index contributed by atoms with van der Waals surface area (Å²) in [5.41, 5.74) is 5.58. The van der Waals surface area contributed by atoms with Crippen LogP contribution in [-0.4, -0.2) is 20.5 Å². The maximum Gasteiger partial charge on any atom is 0.256 e. The maximum atomic E-state index is 12.8. The molecule has 29 heavy (non-hydrogen) atoms. The predicted molar refractivity (Wildman–Crippen MR) is 116 cm³/mol. The zero-order chi connectivity index (χ0) is 20.6. The second kappa shape index (κ2) is 7.17. The summed E-state index contributed by atoms with van der Waals surface area (Å²) in [7, 11) is 0. The second-order valence-corrected chi connectivity index (χ2v) is 8.28. The van der Waals surface area contributed by atoms with Gasteiger partial charge in [0.15, 0.2) is 5.65 Å². The predicted octanol–water partition coefficient (Wildman–Crippen LogP) is 5.25. The Morgan fingerprint density at radius 1 is 1.00 bits per heavy atom. The van der Waals surface area contributed by atoms with Gasteiger partial charge in [-0.3, -0.25) is 4.79 Å². The lowest BCUT2D eigenvalue weighted by molar-refractivity contribution is 0.102. The van der Waals surface area contributed by atoms with Crippen LogP contribution in [0.5, 0.6) is 0 Å². The van der Waals surface area contributed by atoms with Crippen LogP contribution in [0.15, 0.2) is 66.9 Å². The molecular formula is C24H24N4O. The minimum atomic E-state index is -0.183. The van der Waals surface area contributed by atoms with Crippen LogP contribution >= 0.6 is 0 Å². The van der Waals surface area contributed by atoms with Crippen molar-refractivity contribution in [1.82, 2.24) is 14.6 Å². The van der Waals surface area contributed by atoms with Gasteiger partial charge in [-0.2, -0.15) is 5.10 Å². The molecule has 0 bridgehead atoms. The molecule has 0 aliphatic carbocycles. The Labute approximate surface area is 170 Å². The molecule has 0 saturated heterocycles. The third kappa shape index (κ3) is 3.90. The molecule has 1 N–H and O–H groups in total. The van der Waals surface area contributed by atoms with Gasteiger partial charge in [-0.1, -0.05) is 56.7 Å². The van der Waals surface area contributed by atoms with Crippen LogP contribution in [0.25, 0.3) is 16.9 Å². The van der Waals surface area contributed by atoms with E-state index in [1.165, 1.54) is 5.56 Å². The maximum absolute atomic E-state index is 12.8. The molecule has 1 amide bonds. The Morgan fingerprint density at radius 3 is 2.45 bits per heavy atom. The minimum absolute atomic E-state index is 0.0479. The average molecular weight is 384 g/mol. The van der Waals surface area contributed by atoms with Gasteiger partial charge in [0.1, 0.15) is 5.82 Å². The average Bonchev–Trinajstić information content (AvgIpc) is 3.15. The Bertz CT molecular complexity index is 1180. The molecule has 0 unspecified atom stereocenters. The van der Waals surface area contributed by atoms with Crippen LogP contribution in [0.2, 0.25) is 0 Å². The van der Waals surface area contributed by atoms with Crippen LogP contribution in [0, 0.1) is 6.92 Å². The number of benzene rings is 2. The van der Waals surface area contributed by atoms with Crippen molar-refractivity contribution in [2.45, 2.75) is 33.1 Å². The lowest BCUT2D eigenvalue weighted by Gasteiger charge is -2.19. The van der Waals surface area contributed by atoms with Gasteiger partial charge in [-0.25, -0.2) is 9.50 Å². The topological polar surface area (TPSA) is 59.3 Å². The Hall–Kier alpha value is -3.47. The van der Waals surface area contributed by atoms with Crippen molar-refractivity contribution in [3.63, 3.8) is 0 Å². The van der Waals surface area contributed by atoms with Gasteiger partial charge in [0.2, 0.25) is 0 Å². The first kappa shape index (κ1) is 18.9. The normalized spacial score (nSPS) is 11.6. The number of carbonyl (C=O) groups excluding carboxylic acids is 1. The summed E-state index contributed by atoms with van der Waals surface area (Å²) in [6.45, 7) is 8.51. The summed E-state index contributed by atoms with van der Waals surface area (Å²) in [6.07, 6.45) is 1.71. The molecule has 5 heteroatoms. The number of carbonyl (C=O) groups is 1. The van der Waals surface area contributed by atoms with E-state index in [2.05, 4.69) is 55.2 Å². The molecule has 4 aromatic rings. The first-order chi connectivity index (χ1) is 13.8. The van der Waals surface area contributed by atoms with Gasteiger partial charge in [0, 0.05) is 23.3 Å². The summed E-state index contributed by atoms with van der Waals surface area (Å²) in [4.78, 5) is 17.3. The molecule has 146 valence electrons. The van der Waals surface area contributed by atoms with Crippen LogP contribution in [-0.2, 0) is 5.41 Å². The molecule has 0 saturated carbocycles. The molecule has 5 nitrogen and oxygen atoms in total. The highest BCUT2D eigenvalue weighted by Crippen LogP contribution is 2.25. The fraction of sp³-hybridized carbons (Fsp3) is 0.208. The Morgan fingerprint density at radius 2 is 1.76 bits per heavy atom. The number of anilines is 1. The number of nitrogens with zero attached hydrogens (tertiary/aromatic N) is 3. The molecule has 2 heterocycles. The summed E-state index contributed by atoms with van der Waals surface area (Å²) < 4.78 is 1.78. The molecule has 0 aliphatic rings. The number of fused-ring (bicyclic) bond motifs is 1. The van der Waals surface area contributed by atoms with Crippen molar-refractivity contribution in [1.29, 1.82) is 0 Å². The lowest BCUT2D eigenvalue weighted by Crippen LogP contribution is -2.15. The van der Waals surface area contributed by atoms with E-state index in [1.807, 2.05) is 48.5 Å². The highest BCUT2D eigenvalue weighted by molar-refractivity contribution is 6.04. The van der Waals surface area contributed by atoms with Gasteiger partial charge >= 0.3 is 0 Å². The molecule has 2 aromatic carbocycles. The fourth-order valence-electron chi connectivity index (χ4n) is 3.30. The van der Waals surface area contributed by atoms with Crippen LogP contribution in [0.3, 0.4) is 0 Å². The van der Waals surface area contributed by atoms with Gasteiger partial charge < -0.3 is 5.32 Å². The first-order valence-electron chi connectivity index (χ1n) is 9.65. The highest BCUT2D eigenvalue weighted by Gasteiger charge is 2.15. The van der Waals surface area contributed by atoms with Crippen LogP contribution in [0.1, 0.15) is 42.3 Å². The van der Waals surface area contributed by atoms with Crippen LogP contribution in [0.4, 0.5) is 5.82 Å². The monoisotopic (exact) mass is 384 g/mol. The largest absolute Gasteiger partial charge is 0.306 e. The van der Waals surface area contributed by atoms with Gasteiger partial charge in [-0.15, -0.1) is 0 Å². The Kier molecular flexibility index (Phi) is 4.66. The van der Waals surface area contributed by atoms with Crippen molar-refractivity contribution in [2.75, 3.05) is 5.32 Å². The third-order valence-electron chi connectivity index (χ3n) is 4.93. The van der Waals surface area contributed by atoms with Crippen molar-refractivity contribution in [3.8, 4) is 11.3 Å². The van der Waals surface area contributed by atoms with E-state index in [9.17, 15) is 4.79 Å². The van der Waals surface area contributed by atoms with E-state index in [0.29, 0.717) is 17.0 Å². The van der Waals surface area contributed by atoms with E-state index < -0.39 is 0 Å². The molecule has 4 rings (SSSR count). The van der Waals surface area contributed by atoms with Crippen molar-refractivity contribution < 1.29 is 4.79 Å². The lowest BCUT2D eigenvalue weighted by atomic mass is 9.87. The number of hydrogen-bond acceptors (Lipinski definition) is 3. The summed E-state index contributed by atoms with van der Waals surface area (Å²) >= 11 is 0. The SMILES string of the molecule is Cc1cccc(-c2cc(NC(=O)c3ccc(C(C)(C)C)cc3)nc3ccnn23)c1. The number of aromatic nitrogens is 3. The first-order valence-corrected chi connectivity index (χ1v) is 9.65. The van der Waals surface area contributed by atoms with Crippen molar-refractivity contribution in [2.24, 2.45) is 0 Å². The number of rotatable bonds is 3. The molecule has 2 aromatic heterocycles. The van der Waals surface area contributed by atoms with E-state index in [0.717, 1.165) is 16.8 Å². The van der Waals surface area contributed by atoms with E-state index in [-0.39, 0.29) is 11.3 Å². The molecule has 0 fully saturated rings. The van der Waals surface area contributed by atoms with E-state index in [1.54, 1.807) is 10.7 Å². The summed E-state index contributed by atoms with van der Waals surface area (Å²) in [5.74, 6) is 0.316. The van der Waals surface area contributed by atoms with Crippen molar-refractivity contribution in [3.05, 3.63) is 83.6 Å². The molecule has 0 atom stereocenters. The van der Waals surface area contributed by atoms with Crippen molar-refractivity contribution >= 4 is 17.4 Å². The Balaban J connectivity index is 1.67. The summed E-state index contributed by atoms with van der Waals surface area (Å²) in [5, 5.41) is 7.31. The zero-order valence-corrected chi connectivity index (χ0v) is 17.1. The van der Waals surface area contributed by atoms with Crippen LogP contribution < -0.4 is 5.32 Å². The number of aryl methyl sites for hydroxylation is 1. The molecule has 0 spiro atoms. The quantitative estimate of drug-likeness (QED) is 0.524. The highest BCUT2D eigenvalue weighted by atomic mass is 16.1. The van der Waals surface area contributed by atoms with E-state index >= 15 is 0 Å². The minimum Gasteiger partial charge on any atom is -0.306 e. The number of hydrogen-bond donors (Lipinski definition) is 1. The molecular weight excluding hydrogens is 360 g/mol. The van der Waals surface area contributed by atoms with E-state index in [4.69, 9.17) is 0 Å². The standard InChI is InChI=1S/C24H24N4O/c1-16-6-5-7-18(14-16)20-15-21(26-22-12-13-25-28(20)22)27-23(29)17-8-10-19(11-9-17)24(2,3)4/h5-15H,1-4H3,(H,26,27,29). The second-order valence-electron chi connectivity index (χ2n) is 8.28. The summed E-state index contributed by atoms with van der Waals surface area (Å²) in [6, 6.07) is 19.6. The van der Waals surface area contributed by atoms with Gasteiger partial charge in [0.05, 0.1) is 11.9 Å². The molecule has 0 radical (unpaired) electrons. The number of nitrogens with one attached hydrogen (secondary N) is 1.